The molecule has 0 amide bonds. The van der Waals surface area contributed by atoms with Crippen LogP contribution in [-0.2, 0) is 22.3 Å². The SMILES string of the molecule is Cc1nn(CCNS(=O)(=O)Cc2ccccc2F)c(C)c1-c1ccsc1. The van der Waals surface area contributed by atoms with Crippen molar-refractivity contribution in [3.05, 3.63) is 63.9 Å². The van der Waals surface area contributed by atoms with Gasteiger partial charge in [0, 0.05) is 23.4 Å². The van der Waals surface area contributed by atoms with Gasteiger partial charge in [-0.05, 0) is 42.3 Å². The highest BCUT2D eigenvalue weighted by atomic mass is 32.2. The van der Waals surface area contributed by atoms with Crippen molar-refractivity contribution in [3.8, 4) is 11.1 Å². The van der Waals surface area contributed by atoms with Gasteiger partial charge in [-0.1, -0.05) is 18.2 Å². The third-order valence-corrected chi connectivity index (χ3v) is 6.16. The van der Waals surface area contributed by atoms with Crippen LogP contribution in [0.1, 0.15) is 17.0 Å². The Morgan fingerprint density at radius 2 is 2.00 bits per heavy atom. The molecule has 2 heterocycles. The lowest BCUT2D eigenvalue weighted by Gasteiger charge is -2.09. The van der Waals surface area contributed by atoms with E-state index in [2.05, 4.69) is 15.2 Å². The Balaban J connectivity index is 1.65. The van der Waals surface area contributed by atoms with Crippen molar-refractivity contribution in [2.24, 2.45) is 0 Å². The second kappa shape index (κ2) is 7.69. The number of hydrogen-bond acceptors (Lipinski definition) is 4. The Morgan fingerprint density at radius 1 is 1.23 bits per heavy atom. The van der Waals surface area contributed by atoms with Crippen molar-refractivity contribution in [1.82, 2.24) is 14.5 Å². The molecule has 138 valence electrons. The van der Waals surface area contributed by atoms with E-state index < -0.39 is 15.8 Å². The van der Waals surface area contributed by atoms with Crippen LogP contribution in [0.5, 0.6) is 0 Å². The molecular weight excluding hydrogens is 373 g/mol. The number of aryl methyl sites for hydroxylation is 1. The summed E-state index contributed by atoms with van der Waals surface area (Å²) in [7, 11) is -3.62. The van der Waals surface area contributed by atoms with Gasteiger partial charge < -0.3 is 0 Å². The molecule has 0 aliphatic carbocycles. The highest BCUT2D eigenvalue weighted by Crippen LogP contribution is 2.28. The van der Waals surface area contributed by atoms with Crippen molar-refractivity contribution in [2.75, 3.05) is 6.54 Å². The van der Waals surface area contributed by atoms with Crippen LogP contribution in [-0.4, -0.2) is 24.7 Å². The summed E-state index contributed by atoms with van der Waals surface area (Å²) in [5.41, 5.74) is 4.27. The lowest BCUT2D eigenvalue weighted by molar-refractivity contribution is 0.551. The van der Waals surface area contributed by atoms with Crippen molar-refractivity contribution in [2.45, 2.75) is 26.1 Å². The Kier molecular flexibility index (Phi) is 5.55. The van der Waals surface area contributed by atoms with E-state index in [9.17, 15) is 12.8 Å². The van der Waals surface area contributed by atoms with E-state index in [0.29, 0.717) is 6.54 Å². The molecule has 8 heteroatoms. The summed E-state index contributed by atoms with van der Waals surface area (Å²) in [6, 6.07) is 7.93. The first-order valence-electron chi connectivity index (χ1n) is 8.15. The molecule has 0 spiro atoms. The zero-order valence-electron chi connectivity index (χ0n) is 14.6. The molecular formula is C18H20FN3O2S2. The van der Waals surface area contributed by atoms with Crippen molar-refractivity contribution < 1.29 is 12.8 Å². The summed E-state index contributed by atoms with van der Waals surface area (Å²) in [5, 5.41) is 8.59. The fourth-order valence-corrected chi connectivity index (χ4v) is 4.71. The number of hydrogen-bond donors (Lipinski definition) is 1. The summed E-state index contributed by atoms with van der Waals surface area (Å²) < 4.78 is 42.3. The van der Waals surface area contributed by atoms with Gasteiger partial charge in [-0.15, -0.1) is 0 Å². The summed E-state index contributed by atoms with van der Waals surface area (Å²) in [5.74, 6) is -0.895. The fraction of sp³-hybridized carbons (Fsp3) is 0.278. The van der Waals surface area contributed by atoms with Crippen LogP contribution in [0.25, 0.3) is 11.1 Å². The van der Waals surface area contributed by atoms with E-state index in [0.717, 1.165) is 22.5 Å². The van der Waals surface area contributed by atoms with E-state index in [1.165, 1.54) is 18.2 Å². The first-order chi connectivity index (χ1) is 12.4. The molecule has 0 saturated heterocycles. The Morgan fingerprint density at radius 3 is 2.69 bits per heavy atom. The van der Waals surface area contributed by atoms with Gasteiger partial charge in [0.2, 0.25) is 10.0 Å². The quantitative estimate of drug-likeness (QED) is 0.668. The first kappa shape index (κ1) is 18.8. The number of aromatic nitrogens is 2. The smallest absolute Gasteiger partial charge is 0.215 e. The normalized spacial score (nSPS) is 11.8. The third-order valence-electron chi connectivity index (χ3n) is 4.14. The largest absolute Gasteiger partial charge is 0.268 e. The molecule has 2 aromatic heterocycles. The van der Waals surface area contributed by atoms with E-state index in [-0.39, 0.29) is 17.9 Å². The fourth-order valence-electron chi connectivity index (χ4n) is 2.92. The van der Waals surface area contributed by atoms with Gasteiger partial charge in [0.05, 0.1) is 18.0 Å². The minimum atomic E-state index is -3.62. The monoisotopic (exact) mass is 393 g/mol. The molecule has 3 aromatic rings. The van der Waals surface area contributed by atoms with Crippen molar-refractivity contribution in [1.29, 1.82) is 0 Å². The van der Waals surface area contributed by atoms with Crippen LogP contribution >= 0.6 is 11.3 Å². The third kappa shape index (κ3) is 4.20. The molecule has 0 radical (unpaired) electrons. The molecule has 26 heavy (non-hydrogen) atoms. The number of rotatable bonds is 7. The minimum absolute atomic E-state index is 0.158. The molecule has 1 aromatic carbocycles. The second-order valence-electron chi connectivity index (χ2n) is 6.03. The number of sulfonamides is 1. The van der Waals surface area contributed by atoms with Crippen LogP contribution < -0.4 is 4.72 Å². The van der Waals surface area contributed by atoms with Gasteiger partial charge in [0.15, 0.2) is 0 Å². The van der Waals surface area contributed by atoms with Gasteiger partial charge in [0.25, 0.3) is 0 Å². The molecule has 5 nitrogen and oxygen atoms in total. The first-order valence-corrected chi connectivity index (χ1v) is 10.7. The maximum Gasteiger partial charge on any atom is 0.215 e. The highest BCUT2D eigenvalue weighted by molar-refractivity contribution is 7.88. The summed E-state index contributed by atoms with van der Waals surface area (Å²) in [4.78, 5) is 0. The molecule has 0 aliphatic heterocycles. The maximum absolute atomic E-state index is 13.6. The van der Waals surface area contributed by atoms with Crippen molar-refractivity contribution >= 4 is 21.4 Å². The number of halogens is 1. The molecule has 1 N–H and O–H groups in total. The summed E-state index contributed by atoms with van der Waals surface area (Å²) >= 11 is 1.63. The molecule has 3 rings (SSSR count). The van der Waals surface area contributed by atoms with Crippen LogP contribution in [0.3, 0.4) is 0 Å². The van der Waals surface area contributed by atoms with E-state index in [4.69, 9.17) is 0 Å². The number of nitrogens with one attached hydrogen (secondary N) is 1. The van der Waals surface area contributed by atoms with Crippen LogP contribution in [0.4, 0.5) is 4.39 Å². The lowest BCUT2D eigenvalue weighted by atomic mass is 10.1. The van der Waals surface area contributed by atoms with E-state index in [1.54, 1.807) is 22.1 Å². The van der Waals surface area contributed by atoms with Crippen LogP contribution in [0, 0.1) is 19.7 Å². The predicted octanol–water partition coefficient (Wildman–Crippen LogP) is 3.49. The summed E-state index contributed by atoms with van der Waals surface area (Å²) in [6.07, 6.45) is 0. The molecule has 0 bridgehead atoms. The van der Waals surface area contributed by atoms with E-state index >= 15 is 0 Å². The van der Waals surface area contributed by atoms with Gasteiger partial charge >= 0.3 is 0 Å². The number of thiophene rings is 1. The zero-order chi connectivity index (χ0) is 18.7. The molecule has 0 atom stereocenters. The Labute approximate surface area is 156 Å². The average molecular weight is 394 g/mol. The van der Waals surface area contributed by atoms with E-state index in [1.807, 2.05) is 25.3 Å². The van der Waals surface area contributed by atoms with Crippen LogP contribution in [0.15, 0.2) is 41.1 Å². The summed E-state index contributed by atoms with van der Waals surface area (Å²) in [6.45, 7) is 4.52. The topological polar surface area (TPSA) is 64.0 Å². The molecule has 0 saturated carbocycles. The molecule has 0 fully saturated rings. The minimum Gasteiger partial charge on any atom is -0.268 e. The lowest BCUT2D eigenvalue weighted by Crippen LogP contribution is -2.29. The standard InChI is InChI=1S/C18H20FN3O2S2/c1-13-18(15-7-10-25-11-15)14(2)22(21-13)9-8-20-26(23,24)12-16-5-3-4-6-17(16)19/h3-7,10-11,20H,8-9,12H2,1-2H3. The number of benzene rings is 1. The van der Waals surface area contributed by atoms with Gasteiger partial charge in [-0.3, -0.25) is 4.68 Å². The van der Waals surface area contributed by atoms with Crippen LogP contribution in [0.2, 0.25) is 0 Å². The van der Waals surface area contributed by atoms with Crippen molar-refractivity contribution in [3.63, 3.8) is 0 Å². The van der Waals surface area contributed by atoms with Gasteiger partial charge in [-0.2, -0.15) is 16.4 Å². The average Bonchev–Trinajstić information content (AvgIpc) is 3.18. The number of nitrogens with zero attached hydrogens (tertiary/aromatic N) is 2. The predicted molar refractivity (Wildman–Crippen MR) is 102 cm³/mol. The molecule has 0 aliphatic rings. The van der Waals surface area contributed by atoms with Gasteiger partial charge in [-0.25, -0.2) is 17.5 Å². The zero-order valence-corrected chi connectivity index (χ0v) is 16.2. The molecule has 0 unspecified atom stereocenters. The van der Waals surface area contributed by atoms with Gasteiger partial charge in [0.1, 0.15) is 5.82 Å². The Hall–Kier alpha value is -2.03. The Bertz CT molecular complexity index is 996. The second-order valence-corrected chi connectivity index (χ2v) is 8.61. The maximum atomic E-state index is 13.6. The highest BCUT2D eigenvalue weighted by Gasteiger charge is 2.16.